The molecule has 1 saturated carbocycles. The molecule has 0 bridgehead atoms. The van der Waals surface area contributed by atoms with Crippen molar-refractivity contribution in [3.8, 4) is 5.75 Å². The van der Waals surface area contributed by atoms with Crippen molar-refractivity contribution < 1.29 is 14.1 Å². The molecular formula is C20H24N2O3. The maximum atomic E-state index is 13.0. The van der Waals surface area contributed by atoms with Gasteiger partial charge in [-0.2, -0.15) is 0 Å². The zero-order valence-corrected chi connectivity index (χ0v) is 15.0. The second-order valence-electron chi connectivity index (χ2n) is 7.61. The smallest absolute Gasteiger partial charge is 0.226 e. The SMILES string of the molecule is CC(C)c1ccc2c(c1)[C@]1(CCO2)C[C@H]1C(=O)N(C)Cc1ccon1. The van der Waals surface area contributed by atoms with E-state index < -0.39 is 0 Å². The molecule has 0 N–H and O–H groups in total. The van der Waals surface area contributed by atoms with Gasteiger partial charge in [-0.3, -0.25) is 4.79 Å². The highest BCUT2D eigenvalue weighted by Gasteiger charge is 2.61. The summed E-state index contributed by atoms with van der Waals surface area (Å²) < 4.78 is 10.7. The summed E-state index contributed by atoms with van der Waals surface area (Å²) in [7, 11) is 1.84. The number of rotatable bonds is 4. The maximum Gasteiger partial charge on any atom is 0.226 e. The number of hydrogen-bond acceptors (Lipinski definition) is 4. The van der Waals surface area contributed by atoms with Crippen LogP contribution < -0.4 is 4.74 Å². The van der Waals surface area contributed by atoms with E-state index in [2.05, 4.69) is 37.2 Å². The number of hydrogen-bond donors (Lipinski definition) is 0. The lowest BCUT2D eigenvalue weighted by atomic mass is 9.85. The summed E-state index contributed by atoms with van der Waals surface area (Å²) in [5.74, 6) is 1.64. The van der Waals surface area contributed by atoms with Gasteiger partial charge in [0.1, 0.15) is 17.7 Å². The van der Waals surface area contributed by atoms with Crippen LogP contribution in [0.25, 0.3) is 0 Å². The molecule has 25 heavy (non-hydrogen) atoms. The number of aromatic nitrogens is 1. The van der Waals surface area contributed by atoms with Crippen LogP contribution in [0.2, 0.25) is 0 Å². The largest absolute Gasteiger partial charge is 0.493 e. The van der Waals surface area contributed by atoms with Crippen LogP contribution in [0.3, 0.4) is 0 Å². The Hall–Kier alpha value is -2.30. The third-order valence-electron chi connectivity index (χ3n) is 5.65. The summed E-state index contributed by atoms with van der Waals surface area (Å²) in [4.78, 5) is 14.7. The summed E-state index contributed by atoms with van der Waals surface area (Å²) in [5, 5.41) is 3.90. The van der Waals surface area contributed by atoms with E-state index in [-0.39, 0.29) is 17.2 Å². The zero-order valence-electron chi connectivity index (χ0n) is 15.0. The summed E-state index contributed by atoms with van der Waals surface area (Å²) in [6.07, 6.45) is 3.36. The van der Waals surface area contributed by atoms with Gasteiger partial charge in [0.2, 0.25) is 5.91 Å². The van der Waals surface area contributed by atoms with E-state index >= 15 is 0 Å². The van der Waals surface area contributed by atoms with E-state index in [9.17, 15) is 4.79 Å². The van der Waals surface area contributed by atoms with E-state index in [0.29, 0.717) is 19.1 Å². The monoisotopic (exact) mass is 340 g/mol. The fraction of sp³-hybridized carbons (Fsp3) is 0.500. The average Bonchev–Trinajstić information content (AvgIpc) is 3.07. The first kappa shape index (κ1) is 16.2. The van der Waals surface area contributed by atoms with Crippen LogP contribution in [0.1, 0.15) is 49.4 Å². The van der Waals surface area contributed by atoms with Crippen molar-refractivity contribution in [1.82, 2.24) is 10.1 Å². The summed E-state index contributed by atoms with van der Waals surface area (Å²) >= 11 is 0. The normalized spacial score (nSPS) is 24.1. The van der Waals surface area contributed by atoms with Crippen LogP contribution in [0, 0.1) is 5.92 Å². The van der Waals surface area contributed by atoms with Crippen LogP contribution >= 0.6 is 0 Å². The topological polar surface area (TPSA) is 55.6 Å². The minimum Gasteiger partial charge on any atom is -0.493 e. The van der Waals surface area contributed by atoms with Crippen LogP contribution in [0.15, 0.2) is 35.1 Å². The van der Waals surface area contributed by atoms with Crippen molar-refractivity contribution in [2.45, 2.75) is 44.6 Å². The Morgan fingerprint density at radius 1 is 1.40 bits per heavy atom. The third kappa shape index (κ3) is 2.71. The fourth-order valence-electron chi connectivity index (χ4n) is 4.01. The molecule has 0 unspecified atom stereocenters. The second kappa shape index (κ2) is 5.90. The molecule has 2 aromatic rings. The quantitative estimate of drug-likeness (QED) is 0.855. The Bertz CT molecular complexity index is 784. The molecule has 1 spiro atoms. The van der Waals surface area contributed by atoms with E-state index in [1.165, 1.54) is 17.4 Å². The van der Waals surface area contributed by atoms with Gasteiger partial charge in [-0.1, -0.05) is 31.1 Å². The van der Waals surface area contributed by atoms with Crippen LogP contribution in [0.5, 0.6) is 5.75 Å². The highest BCUT2D eigenvalue weighted by molar-refractivity contribution is 5.84. The molecule has 1 amide bonds. The molecule has 1 aliphatic carbocycles. The molecule has 1 fully saturated rings. The second-order valence-corrected chi connectivity index (χ2v) is 7.61. The van der Waals surface area contributed by atoms with Crippen LogP contribution in [-0.2, 0) is 16.8 Å². The van der Waals surface area contributed by atoms with Gasteiger partial charge in [0.25, 0.3) is 0 Å². The first-order valence-electron chi connectivity index (χ1n) is 8.93. The van der Waals surface area contributed by atoms with Gasteiger partial charge in [-0.05, 0) is 30.4 Å². The lowest BCUT2D eigenvalue weighted by Gasteiger charge is -2.28. The third-order valence-corrected chi connectivity index (χ3v) is 5.65. The minimum atomic E-state index is -0.0480. The van der Waals surface area contributed by atoms with Gasteiger partial charge in [-0.25, -0.2) is 0 Å². The zero-order chi connectivity index (χ0) is 17.6. The number of nitrogens with zero attached hydrogens (tertiary/aromatic N) is 2. The van der Waals surface area contributed by atoms with E-state index in [1.807, 2.05) is 7.05 Å². The fourth-order valence-corrected chi connectivity index (χ4v) is 4.01. The van der Waals surface area contributed by atoms with Gasteiger partial charge in [0.05, 0.1) is 13.2 Å². The molecule has 4 rings (SSSR count). The molecular weight excluding hydrogens is 316 g/mol. The van der Waals surface area contributed by atoms with E-state index in [4.69, 9.17) is 9.26 Å². The van der Waals surface area contributed by atoms with Gasteiger partial charge in [0, 0.05) is 30.0 Å². The Morgan fingerprint density at radius 2 is 2.24 bits per heavy atom. The van der Waals surface area contributed by atoms with Gasteiger partial charge < -0.3 is 14.2 Å². The predicted molar refractivity (Wildman–Crippen MR) is 93.4 cm³/mol. The van der Waals surface area contributed by atoms with Crippen molar-refractivity contribution >= 4 is 5.91 Å². The standard InChI is InChI=1S/C20H24N2O3/c1-13(2)14-4-5-18-16(10-14)20(7-9-24-18)11-17(20)19(23)22(3)12-15-6-8-25-21-15/h4-6,8,10,13,17H,7,9,11-12H2,1-3H3/t17-,20-/m0/s1. The lowest BCUT2D eigenvalue weighted by Crippen LogP contribution is -2.32. The van der Waals surface area contributed by atoms with Crippen molar-refractivity contribution in [1.29, 1.82) is 0 Å². The highest BCUT2D eigenvalue weighted by atomic mass is 16.5. The molecule has 2 atom stereocenters. The van der Waals surface area contributed by atoms with Crippen molar-refractivity contribution in [2.75, 3.05) is 13.7 Å². The predicted octanol–water partition coefficient (Wildman–Crippen LogP) is 3.50. The molecule has 1 aromatic carbocycles. The summed E-state index contributed by atoms with van der Waals surface area (Å²) in [5.41, 5.74) is 3.25. The number of benzene rings is 1. The summed E-state index contributed by atoms with van der Waals surface area (Å²) in [6.45, 7) is 5.56. The number of ether oxygens (including phenoxy) is 1. The Labute approximate surface area is 147 Å². The molecule has 0 saturated heterocycles. The van der Waals surface area contributed by atoms with E-state index in [0.717, 1.165) is 24.3 Å². The van der Waals surface area contributed by atoms with Gasteiger partial charge in [-0.15, -0.1) is 0 Å². The molecule has 2 aliphatic rings. The number of fused-ring (bicyclic) bond motifs is 2. The Balaban J connectivity index is 1.57. The van der Waals surface area contributed by atoms with Gasteiger partial charge >= 0.3 is 0 Å². The minimum absolute atomic E-state index is 0.0365. The number of amides is 1. The van der Waals surface area contributed by atoms with Crippen LogP contribution in [-0.4, -0.2) is 29.6 Å². The van der Waals surface area contributed by atoms with Crippen LogP contribution in [0.4, 0.5) is 0 Å². The highest BCUT2D eigenvalue weighted by Crippen LogP contribution is 2.61. The summed E-state index contributed by atoms with van der Waals surface area (Å²) in [6, 6.07) is 8.26. The maximum absolute atomic E-state index is 13.0. The van der Waals surface area contributed by atoms with Crippen molar-refractivity contribution in [2.24, 2.45) is 5.92 Å². The lowest BCUT2D eigenvalue weighted by molar-refractivity contribution is -0.132. The number of carbonyl (C=O) groups is 1. The Kier molecular flexibility index (Phi) is 3.82. The molecule has 5 nitrogen and oxygen atoms in total. The molecule has 1 aromatic heterocycles. The Morgan fingerprint density at radius 3 is 2.96 bits per heavy atom. The first-order chi connectivity index (χ1) is 12.0. The average molecular weight is 340 g/mol. The molecule has 1 aliphatic heterocycles. The first-order valence-corrected chi connectivity index (χ1v) is 8.93. The van der Waals surface area contributed by atoms with Crippen molar-refractivity contribution in [3.05, 3.63) is 47.3 Å². The van der Waals surface area contributed by atoms with Crippen molar-refractivity contribution in [3.63, 3.8) is 0 Å². The number of carbonyl (C=O) groups excluding carboxylic acids is 1. The molecule has 2 heterocycles. The van der Waals surface area contributed by atoms with Gasteiger partial charge in [0.15, 0.2) is 0 Å². The molecule has 132 valence electrons. The molecule has 0 radical (unpaired) electrons. The van der Waals surface area contributed by atoms with E-state index in [1.54, 1.807) is 11.0 Å². The molecule has 5 heteroatoms.